The SMILES string of the molecule is CC(COS(=O)(=O)c1ccccc1)C(C)COS(=O)(=O)c1ccccc1. The number of rotatable bonds is 9. The molecule has 0 radical (unpaired) electrons. The molecule has 0 saturated heterocycles. The Morgan fingerprint density at radius 1 is 0.654 bits per heavy atom. The molecule has 0 aliphatic rings. The van der Waals surface area contributed by atoms with Crippen molar-refractivity contribution < 1.29 is 25.2 Å². The molecule has 0 aromatic heterocycles. The summed E-state index contributed by atoms with van der Waals surface area (Å²) in [5.41, 5.74) is 0. The number of benzene rings is 2. The van der Waals surface area contributed by atoms with Crippen LogP contribution in [0.4, 0.5) is 0 Å². The van der Waals surface area contributed by atoms with Crippen LogP contribution in [0.25, 0.3) is 0 Å². The third-order valence-corrected chi connectivity index (χ3v) is 6.60. The molecule has 6 nitrogen and oxygen atoms in total. The smallest absolute Gasteiger partial charge is 0.266 e. The third kappa shape index (κ3) is 5.63. The largest absolute Gasteiger partial charge is 0.296 e. The molecule has 0 fully saturated rings. The van der Waals surface area contributed by atoms with E-state index in [0.717, 1.165) is 0 Å². The highest BCUT2D eigenvalue weighted by Gasteiger charge is 2.22. The van der Waals surface area contributed by atoms with Crippen molar-refractivity contribution in [1.29, 1.82) is 0 Å². The van der Waals surface area contributed by atoms with Crippen molar-refractivity contribution in [1.82, 2.24) is 0 Å². The topological polar surface area (TPSA) is 86.7 Å². The monoisotopic (exact) mass is 398 g/mol. The Morgan fingerprint density at radius 3 is 1.27 bits per heavy atom. The zero-order chi connectivity index (χ0) is 19.2. The van der Waals surface area contributed by atoms with Crippen LogP contribution in [-0.4, -0.2) is 30.0 Å². The van der Waals surface area contributed by atoms with Crippen LogP contribution in [0, 0.1) is 11.8 Å². The lowest BCUT2D eigenvalue weighted by molar-refractivity contribution is 0.169. The van der Waals surface area contributed by atoms with Gasteiger partial charge >= 0.3 is 0 Å². The molecular formula is C18H22O6S2. The molecule has 2 aromatic rings. The minimum atomic E-state index is -3.83. The Kier molecular flexibility index (Phi) is 6.94. The van der Waals surface area contributed by atoms with Gasteiger partial charge in [-0.15, -0.1) is 0 Å². The maximum Gasteiger partial charge on any atom is 0.296 e. The highest BCUT2D eigenvalue weighted by Crippen LogP contribution is 2.19. The second-order valence-electron chi connectivity index (χ2n) is 6.06. The second kappa shape index (κ2) is 8.77. The van der Waals surface area contributed by atoms with E-state index in [2.05, 4.69) is 0 Å². The molecule has 0 heterocycles. The van der Waals surface area contributed by atoms with Crippen LogP contribution in [0.2, 0.25) is 0 Å². The average Bonchev–Trinajstić information content (AvgIpc) is 2.65. The molecule has 0 saturated carbocycles. The van der Waals surface area contributed by atoms with Crippen LogP contribution < -0.4 is 0 Å². The van der Waals surface area contributed by atoms with Crippen molar-refractivity contribution in [2.24, 2.45) is 11.8 Å². The Labute approximate surface area is 155 Å². The van der Waals surface area contributed by atoms with E-state index >= 15 is 0 Å². The first kappa shape index (κ1) is 20.6. The van der Waals surface area contributed by atoms with E-state index in [0.29, 0.717) is 0 Å². The van der Waals surface area contributed by atoms with Gasteiger partial charge in [-0.25, -0.2) is 0 Å². The fourth-order valence-electron chi connectivity index (χ4n) is 2.03. The summed E-state index contributed by atoms with van der Waals surface area (Å²) in [6, 6.07) is 15.7. The maximum atomic E-state index is 12.1. The minimum absolute atomic E-state index is 0.0624. The number of hydrogen-bond donors (Lipinski definition) is 0. The molecule has 0 N–H and O–H groups in total. The Hall–Kier alpha value is -1.74. The van der Waals surface area contributed by atoms with Crippen molar-refractivity contribution in [3.05, 3.63) is 60.7 Å². The predicted molar refractivity (Wildman–Crippen MR) is 97.5 cm³/mol. The normalized spacial score (nSPS) is 14.7. The van der Waals surface area contributed by atoms with Gasteiger partial charge in [-0.1, -0.05) is 50.2 Å². The van der Waals surface area contributed by atoms with Crippen LogP contribution >= 0.6 is 0 Å². The first-order chi connectivity index (χ1) is 12.2. The summed E-state index contributed by atoms with van der Waals surface area (Å²) in [7, 11) is -7.67. The molecule has 0 spiro atoms. The van der Waals surface area contributed by atoms with Crippen LogP contribution in [-0.2, 0) is 28.6 Å². The summed E-state index contributed by atoms with van der Waals surface area (Å²) < 4.78 is 58.6. The van der Waals surface area contributed by atoms with Gasteiger partial charge in [-0.2, -0.15) is 16.8 Å². The van der Waals surface area contributed by atoms with E-state index in [1.807, 2.05) is 0 Å². The average molecular weight is 399 g/mol. The molecule has 0 aliphatic carbocycles. The molecule has 2 atom stereocenters. The molecule has 0 bridgehead atoms. The summed E-state index contributed by atoms with van der Waals surface area (Å²) in [6.45, 7) is 3.44. The fourth-order valence-corrected chi connectivity index (χ4v) is 4.07. The minimum Gasteiger partial charge on any atom is -0.266 e. The van der Waals surface area contributed by atoms with Crippen LogP contribution in [0.1, 0.15) is 13.8 Å². The Bertz CT molecular complexity index is 816. The molecular weight excluding hydrogens is 376 g/mol. The Morgan fingerprint density at radius 2 is 0.962 bits per heavy atom. The molecule has 2 unspecified atom stereocenters. The molecule has 26 heavy (non-hydrogen) atoms. The summed E-state index contributed by atoms with van der Waals surface area (Å²) in [6.07, 6.45) is 0. The summed E-state index contributed by atoms with van der Waals surface area (Å²) in [5, 5.41) is 0. The van der Waals surface area contributed by atoms with Gasteiger partial charge in [-0.3, -0.25) is 8.37 Å². The zero-order valence-corrected chi connectivity index (χ0v) is 16.2. The molecule has 0 amide bonds. The van der Waals surface area contributed by atoms with Gasteiger partial charge in [0.25, 0.3) is 20.2 Å². The summed E-state index contributed by atoms with van der Waals surface area (Å²) in [4.78, 5) is 0.172. The lowest BCUT2D eigenvalue weighted by Gasteiger charge is -2.19. The maximum absolute atomic E-state index is 12.1. The van der Waals surface area contributed by atoms with Crippen LogP contribution in [0.15, 0.2) is 70.5 Å². The van der Waals surface area contributed by atoms with Crippen molar-refractivity contribution in [2.45, 2.75) is 23.6 Å². The lowest BCUT2D eigenvalue weighted by Crippen LogP contribution is -2.23. The molecule has 2 aromatic carbocycles. The molecule has 2 rings (SSSR count). The fraction of sp³-hybridized carbons (Fsp3) is 0.333. The van der Waals surface area contributed by atoms with Gasteiger partial charge in [0.15, 0.2) is 0 Å². The second-order valence-corrected chi connectivity index (χ2v) is 9.29. The zero-order valence-electron chi connectivity index (χ0n) is 14.6. The van der Waals surface area contributed by atoms with Crippen molar-refractivity contribution in [3.63, 3.8) is 0 Å². The van der Waals surface area contributed by atoms with Gasteiger partial charge in [0.05, 0.1) is 23.0 Å². The molecule has 8 heteroatoms. The highest BCUT2D eigenvalue weighted by molar-refractivity contribution is 7.87. The lowest BCUT2D eigenvalue weighted by atomic mass is 9.98. The standard InChI is InChI=1S/C18H22O6S2/c1-15(13-23-25(19,20)17-9-5-3-6-10-17)16(2)14-24-26(21,22)18-11-7-4-8-12-18/h3-12,15-16H,13-14H2,1-2H3. The van der Waals surface area contributed by atoms with E-state index in [1.165, 1.54) is 24.3 Å². The summed E-state index contributed by atoms with van der Waals surface area (Å²) in [5.74, 6) is -0.445. The highest BCUT2D eigenvalue weighted by atomic mass is 32.2. The van der Waals surface area contributed by atoms with Gasteiger partial charge in [0, 0.05) is 0 Å². The Balaban J connectivity index is 1.89. The van der Waals surface area contributed by atoms with Crippen molar-refractivity contribution in [2.75, 3.05) is 13.2 Å². The quantitative estimate of drug-likeness (QED) is 0.603. The van der Waals surface area contributed by atoms with E-state index in [-0.39, 0.29) is 34.8 Å². The van der Waals surface area contributed by atoms with Gasteiger partial charge in [0.1, 0.15) is 0 Å². The van der Waals surface area contributed by atoms with E-state index < -0.39 is 20.2 Å². The van der Waals surface area contributed by atoms with E-state index in [4.69, 9.17) is 8.37 Å². The van der Waals surface area contributed by atoms with Crippen molar-refractivity contribution in [3.8, 4) is 0 Å². The summed E-state index contributed by atoms with van der Waals surface area (Å²) >= 11 is 0. The van der Waals surface area contributed by atoms with Gasteiger partial charge in [-0.05, 0) is 36.1 Å². The molecule has 0 aliphatic heterocycles. The molecule has 142 valence electrons. The first-order valence-corrected chi connectivity index (χ1v) is 10.9. The van der Waals surface area contributed by atoms with Gasteiger partial charge in [0.2, 0.25) is 0 Å². The predicted octanol–water partition coefficient (Wildman–Crippen LogP) is 3.07. The number of hydrogen-bond acceptors (Lipinski definition) is 6. The van der Waals surface area contributed by atoms with Crippen molar-refractivity contribution >= 4 is 20.2 Å². The van der Waals surface area contributed by atoms with Gasteiger partial charge < -0.3 is 0 Å². The van der Waals surface area contributed by atoms with E-state index in [9.17, 15) is 16.8 Å². The van der Waals surface area contributed by atoms with Crippen LogP contribution in [0.3, 0.4) is 0 Å². The van der Waals surface area contributed by atoms with Crippen LogP contribution in [0.5, 0.6) is 0 Å². The first-order valence-electron chi connectivity index (χ1n) is 8.11. The third-order valence-electron chi connectivity index (χ3n) is 4.01. The van der Waals surface area contributed by atoms with E-state index in [1.54, 1.807) is 50.2 Å².